The van der Waals surface area contributed by atoms with E-state index in [1.165, 1.54) is 28.5 Å². The zero-order chi connectivity index (χ0) is 11.1. The normalized spacial score (nSPS) is 30.0. The Hall–Kier alpha value is -0.860. The van der Waals surface area contributed by atoms with Crippen molar-refractivity contribution < 1.29 is 0 Å². The van der Waals surface area contributed by atoms with Crippen LogP contribution in [0.3, 0.4) is 0 Å². The molecule has 84 valence electrons. The summed E-state index contributed by atoms with van der Waals surface area (Å²) in [5.41, 5.74) is 7.65. The lowest BCUT2D eigenvalue weighted by Gasteiger charge is -2.19. The molecule has 1 fully saturated rings. The summed E-state index contributed by atoms with van der Waals surface area (Å²) in [5.74, 6) is 1.28. The molecule has 3 unspecified atom stereocenters. The smallest absolute Gasteiger partial charge is 0.0377 e. The van der Waals surface area contributed by atoms with Gasteiger partial charge in [0.15, 0.2) is 0 Å². The van der Waals surface area contributed by atoms with Gasteiger partial charge in [-0.2, -0.15) is 0 Å². The maximum Gasteiger partial charge on any atom is 0.0377 e. The molecule has 0 amide bonds. The van der Waals surface area contributed by atoms with E-state index in [4.69, 9.17) is 5.73 Å². The predicted octanol–water partition coefficient (Wildman–Crippen LogP) is 3.74. The second-order valence-electron chi connectivity index (χ2n) is 4.89. The maximum absolute atomic E-state index is 6.13. The van der Waals surface area contributed by atoms with Gasteiger partial charge in [0.1, 0.15) is 0 Å². The van der Waals surface area contributed by atoms with Crippen LogP contribution in [-0.4, -0.2) is 6.04 Å². The van der Waals surface area contributed by atoms with Crippen molar-refractivity contribution >= 4 is 21.4 Å². The number of rotatable bonds is 1. The zero-order valence-electron chi connectivity index (χ0n) is 9.52. The van der Waals surface area contributed by atoms with E-state index in [1.807, 2.05) is 11.3 Å². The summed E-state index contributed by atoms with van der Waals surface area (Å²) in [6.07, 6.45) is 2.42. The van der Waals surface area contributed by atoms with Gasteiger partial charge in [0, 0.05) is 10.7 Å². The van der Waals surface area contributed by atoms with Crippen LogP contribution in [0.2, 0.25) is 0 Å². The summed E-state index contributed by atoms with van der Waals surface area (Å²) >= 11 is 1.86. The van der Waals surface area contributed by atoms with Crippen molar-refractivity contribution in [2.24, 2.45) is 11.7 Å². The third kappa shape index (κ3) is 1.48. The summed E-state index contributed by atoms with van der Waals surface area (Å²) in [4.78, 5) is 0. The second kappa shape index (κ2) is 3.86. The van der Waals surface area contributed by atoms with Gasteiger partial charge < -0.3 is 5.73 Å². The van der Waals surface area contributed by atoms with Gasteiger partial charge in [-0.15, -0.1) is 11.3 Å². The number of nitrogens with two attached hydrogens (primary N) is 1. The van der Waals surface area contributed by atoms with Crippen molar-refractivity contribution in [3.63, 3.8) is 0 Å². The molecule has 1 aliphatic rings. The molecule has 3 rings (SSSR count). The Morgan fingerprint density at radius 1 is 1.25 bits per heavy atom. The van der Waals surface area contributed by atoms with Crippen molar-refractivity contribution in [3.05, 3.63) is 35.2 Å². The number of thiophene rings is 1. The minimum Gasteiger partial charge on any atom is -0.327 e. The Labute approximate surface area is 100 Å². The van der Waals surface area contributed by atoms with Crippen LogP contribution in [0, 0.1) is 5.92 Å². The van der Waals surface area contributed by atoms with E-state index in [0.717, 1.165) is 0 Å². The SMILES string of the molecule is CC1C(N)CCC1c1cccc2ccsc12. The van der Waals surface area contributed by atoms with Crippen molar-refractivity contribution in [2.45, 2.75) is 31.7 Å². The number of benzene rings is 1. The molecule has 2 aromatic rings. The first kappa shape index (κ1) is 10.3. The first-order valence-corrected chi connectivity index (χ1v) is 6.87. The lowest BCUT2D eigenvalue weighted by atomic mass is 9.88. The van der Waals surface area contributed by atoms with Crippen LogP contribution in [-0.2, 0) is 0 Å². The molecule has 1 aromatic heterocycles. The summed E-state index contributed by atoms with van der Waals surface area (Å²) in [5, 5.41) is 3.57. The molecule has 1 nitrogen and oxygen atoms in total. The highest BCUT2D eigenvalue weighted by Crippen LogP contribution is 2.42. The van der Waals surface area contributed by atoms with Crippen LogP contribution < -0.4 is 5.73 Å². The molecule has 1 saturated carbocycles. The Kier molecular flexibility index (Phi) is 2.49. The van der Waals surface area contributed by atoms with Gasteiger partial charge in [0.05, 0.1) is 0 Å². The van der Waals surface area contributed by atoms with Crippen LogP contribution in [0.5, 0.6) is 0 Å². The maximum atomic E-state index is 6.13. The number of fused-ring (bicyclic) bond motifs is 1. The summed E-state index contributed by atoms with van der Waals surface area (Å²) in [6.45, 7) is 2.30. The highest BCUT2D eigenvalue weighted by atomic mass is 32.1. The molecule has 0 aliphatic heterocycles. The summed E-state index contributed by atoms with van der Waals surface area (Å²) < 4.78 is 1.47. The van der Waals surface area contributed by atoms with Crippen molar-refractivity contribution in [1.82, 2.24) is 0 Å². The number of hydrogen-bond acceptors (Lipinski definition) is 2. The van der Waals surface area contributed by atoms with Crippen LogP contribution in [0.1, 0.15) is 31.2 Å². The molecule has 1 heterocycles. The molecule has 1 aliphatic carbocycles. The zero-order valence-corrected chi connectivity index (χ0v) is 10.3. The van der Waals surface area contributed by atoms with Gasteiger partial charge in [-0.05, 0) is 47.1 Å². The van der Waals surface area contributed by atoms with E-state index in [2.05, 4.69) is 36.6 Å². The predicted molar refractivity (Wildman–Crippen MR) is 70.9 cm³/mol. The van der Waals surface area contributed by atoms with E-state index in [-0.39, 0.29) is 0 Å². The van der Waals surface area contributed by atoms with E-state index in [9.17, 15) is 0 Å². The summed E-state index contributed by atoms with van der Waals surface area (Å²) in [6, 6.07) is 9.27. The highest BCUT2D eigenvalue weighted by Gasteiger charge is 2.32. The van der Waals surface area contributed by atoms with E-state index in [1.54, 1.807) is 0 Å². The second-order valence-corrected chi connectivity index (χ2v) is 5.81. The molecule has 0 saturated heterocycles. The molecule has 0 bridgehead atoms. The average Bonchev–Trinajstić information content (AvgIpc) is 2.87. The molecule has 1 aromatic carbocycles. The molecule has 2 N–H and O–H groups in total. The van der Waals surface area contributed by atoms with Gasteiger partial charge in [-0.25, -0.2) is 0 Å². The van der Waals surface area contributed by atoms with Crippen LogP contribution in [0.15, 0.2) is 29.6 Å². The fourth-order valence-corrected chi connectivity index (χ4v) is 3.92. The molecular formula is C14H17NS. The number of hydrogen-bond donors (Lipinski definition) is 1. The molecule has 0 spiro atoms. The average molecular weight is 231 g/mol. The van der Waals surface area contributed by atoms with E-state index < -0.39 is 0 Å². The Balaban J connectivity index is 2.09. The minimum absolute atomic E-state index is 0.389. The highest BCUT2D eigenvalue weighted by molar-refractivity contribution is 7.17. The van der Waals surface area contributed by atoms with Gasteiger partial charge in [0.25, 0.3) is 0 Å². The Bertz CT molecular complexity index is 502. The van der Waals surface area contributed by atoms with Crippen molar-refractivity contribution in [2.75, 3.05) is 0 Å². The van der Waals surface area contributed by atoms with Gasteiger partial charge in [-0.1, -0.05) is 25.1 Å². The Morgan fingerprint density at radius 2 is 2.12 bits per heavy atom. The molecular weight excluding hydrogens is 214 g/mol. The lowest BCUT2D eigenvalue weighted by molar-refractivity contribution is 0.481. The van der Waals surface area contributed by atoms with Crippen molar-refractivity contribution in [3.8, 4) is 0 Å². The Morgan fingerprint density at radius 3 is 2.88 bits per heavy atom. The van der Waals surface area contributed by atoms with E-state index >= 15 is 0 Å². The van der Waals surface area contributed by atoms with Gasteiger partial charge in [-0.3, -0.25) is 0 Å². The minimum atomic E-state index is 0.389. The molecule has 0 radical (unpaired) electrons. The molecule has 2 heteroatoms. The lowest BCUT2D eigenvalue weighted by Crippen LogP contribution is -2.24. The third-order valence-corrected chi connectivity index (χ3v) is 5.01. The molecule has 16 heavy (non-hydrogen) atoms. The third-order valence-electron chi connectivity index (χ3n) is 4.03. The quantitative estimate of drug-likeness (QED) is 0.795. The topological polar surface area (TPSA) is 26.0 Å². The van der Waals surface area contributed by atoms with E-state index in [0.29, 0.717) is 17.9 Å². The van der Waals surface area contributed by atoms with Gasteiger partial charge >= 0.3 is 0 Å². The fraction of sp³-hybridized carbons (Fsp3) is 0.429. The van der Waals surface area contributed by atoms with Crippen LogP contribution >= 0.6 is 11.3 Å². The first-order chi connectivity index (χ1) is 7.77. The fourth-order valence-electron chi connectivity index (χ4n) is 2.94. The monoisotopic (exact) mass is 231 g/mol. The van der Waals surface area contributed by atoms with Crippen molar-refractivity contribution in [1.29, 1.82) is 0 Å². The molecule has 3 atom stereocenters. The van der Waals surface area contributed by atoms with Crippen LogP contribution in [0.25, 0.3) is 10.1 Å². The summed E-state index contributed by atoms with van der Waals surface area (Å²) in [7, 11) is 0. The van der Waals surface area contributed by atoms with Gasteiger partial charge in [0.2, 0.25) is 0 Å². The standard InChI is InChI=1S/C14H17NS/c1-9-11(5-6-13(9)15)12-4-2-3-10-7-8-16-14(10)12/h2-4,7-9,11,13H,5-6,15H2,1H3. The largest absolute Gasteiger partial charge is 0.327 e. The van der Waals surface area contributed by atoms with Crippen LogP contribution in [0.4, 0.5) is 0 Å². The first-order valence-electron chi connectivity index (χ1n) is 5.99.